The van der Waals surface area contributed by atoms with Crippen molar-refractivity contribution in [1.29, 1.82) is 0 Å². The van der Waals surface area contributed by atoms with Gasteiger partial charge in [0.25, 0.3) is 0 Å². The van der Waals surface area contributed by atoms with Crippen LogP contribution in [0.25, 0.3) is 0 Å². The maximum atomic E-state index is 13.1. The maximum absolute atomic E-state index is 13.1. The fraction of sp³-hybridized carbons (Fsp3) is 0.429. The van der Waals surface area contributed by atoms with Crippen LogP contribution >= 0.6 is 11.6 Å². The van der Waals surface area contributed by atoms with Crippen LogP contribution in [0.4, 0.5) is 30.7 Å². The minimum Gasteiger partial charge on any atom is -0.481 e. The maximum Gasteiger partial charge on any atom is 0.462 e. The first-order chi connectivity index (χ1) is 12.3. The third-order valence-corrected chi connectivity index (χ3v) is 3.02. The van der Waals surface area contributed by atoms with Crippen LogP contribution in [0.1, 0.15) is 12.5 Å². The quantitative estimate of drug-likeness (QED) is 0.225. The van der Waals surface area contributed by atoms with E-state index in [4.69, 9.17) is 16.3 Å². The molecule has 27 heavy (non-hydrogen) atoms. The molecule has 0 fully saturated rings. The average molecular weight is 425 g/mol. The summed E-state index contributed by atoms with van der Waals surface area (Å²) in [6.07, 6.45) is -6.02. The molecule has 0 heterocycles. The van der Waals surface area contributed by atoms with Gasteiger partial charge in [-0.1, -0.05) is 11.6 Å². The number of hydrogen-bond donors (Lipinski definition) is 1. The van der Waals surface area contributed by atoms with Gasteiger partial charge < -0.3 is 9.47 Å². The van der Waals surface area contributed by atoms with E-state index in [2.05, 4.69) is 9.84 Å². The molecule has 0 aliphatic carbocycles. The Bertz CT molecular complexity index is 696. The molecular weight excluding hydrogens is 413 g/mol. The largest absolute Gasteiger partial charge is 0.481 e. The van der Waals surface area contributed by atoms with Gasteiger partial charge in [-0.3, -0.25) is 0 Å². The van der Waals surface area contributed by atoms with Gasteiger partial charge >= 0.3 is 24.1 Å². The van der Waals surface area contributed by atoms with Gasteiger partial charge in [0.05, 0.1) is 12.8 Å². The van der Waals surface area contributed by atoms with Crippen molar-refractivity contribution in [2.45, 2.75) is 25.1 Å². The fourth-order valence-electron chi connectivity index (χ4n) is 1.52. The number of rotatable bonds is 8. The second-order valence-corrected chi connectivity index (χ2v) is 5.23. The summed E-state index contributed by atoms with van der Waals surface area (Å²) < 4.78 is 97.4. The van der Waals surface area contributed by atoms with Crippen molar-refractivity contribution in [2.24, 2.45) is 5.10 Å². The van der Waals surface area contributed by atoms with Gasteiger partial charge in [-0.25, -0.2) is 10.2 Å². The van der Waals surface area contributed by atoms with Crippen molar-refractivity contribution in [3.05, 3.63) is 28.8 Å². The lowest BCUT2D eigenvalue weighted by atomic mass is 10.2. The molecule has 0 unspecified atom stereocenters. The van der Waals surface area contributed by atoms with Crippen molar-refractivity contribution >= 4 is 23.8 Å². The van der Waals surface area contributed by atoms with E-state index >= 15 is 0 Å². The van der Waals surface area contributed by atoms with Crippen LogP contribution < -0.4 is 10.2 Å². The second-order valence-electron chi connectivity index (χ2n) is 4.79. The zero-order valence-corrected chi connectivity index (χ0v) is 14.2. The lowest BCUT2D eigenvalue weighted by molar-refractivity contribution is -0.361. The minimum atomic E-state index is -6.50. The molecule has 0 atom stereocenters. The predicted octanol–water partition coefficient (Wildman–Crippen LogP) is 4.00. The van der Waals surface area contributed by atoms with Gasteiger partial charge in [-0.05, 0) is 25.1 Å². The molecule has 0 spiro atoms. The van der Waals surface area contributed by atoms with Gasteiger partial charge in [-0.15, -0.1) is 0 Å². The number of nitrogens with zero attached hydrogens (tertiary/aromatic N) is 1. The number of benzene rings is 1. The lowest BCUT2D eigenvalue weighted by Crippen LogP contribution is -2.58. The topological polar surface area (TPSA) is 59.9 Å². The first kappa shape index (κ1) is 22.8. The van der Waals surface area contributed by atoms with Crippen LogP contribution in [0.15, 0.2) is 23.3 Å². The third-order valence-electron chi connectivity index (χ3n) is 2.78. The first-order valence-electron chi connectivity index (χ1n) is 7.02. The molecule has 0 radical (unpaired) electrons. The van der Waals surface area contributed by atoms with E-state index in [9.17, 15) is 35.5 Å². The van der Waals surface area contributed by atoms with Crippen LogP contribution in [-0.4, -0.2) is 43.5 Å². The molecule has 13 heteroatoms. The number of alkyl halides is 7. The van der Waals surface area contributed by atoms with E-state index in [1.165, 1.54) is 12.1 Å². The van der Waals surface area contributed by atoms with Gasteiger partial charge in [0.15, 0.2) is 6.61 Å². The zero-order chi connectivity index (χ0) is 20.9. The first-order valence-corrected chi connectivity index (χ1v) is 7.40. The standard InChI is InChI=1S/C14H12ClF7N2O3/c1-2-26-11(25)7-27-10-4-3-9(15)5-8(10)6-23-24-14(21,22)12(16,17)13(18,19)20/h3-6,24H,2,7H2,1H3/b23-6-. The smallest absolute Gasteiger partial charge is 0.462 e. The minimum absolute atomic E-state index is 0.0484. The molecule has 0 bridgehead atoms. The number of carbonyl (C=O) groups is 1. The molecule has 0 saturated heterocycles. The van der Waals surface area contributed by atoms with E-state index in [-0.39, 0.29) is 22.9 Å². The van der Waals surface area contributed by atoms with Crippen molar-refractivity contribution in [3.63, 3.8) is 0 Å². The number of esters is 1. The SMILES string of the molecule is CCOC(=O)COc1ccc(Cl)cc1/C=N\NC(F)(F)C(F)(F)C(F)(F)F. The monoisotopic (exact) mass is 424 g/mol. The Hall–Kier alpha value is -2.24. The highest BCUT2D eigenvalue weighted by Gasteiger charge is 2.73. The van der Waals surface area contributed by atoms with Gasteiger partial charge in [-0.2, -0.15) is 35.8 Å². The Kier molecular flexibility index (Phi) is 7.29. The molecule has 1 rings (SSSR count). The Morgan fingerprint density at radius 2 is 1.85 bits per heavy atom. The number of halogens is 8. The fourth-order valence-corrected chi connectivity index (χ4v) is 1.70. The van der Waals surface area contributed by atoms with Crippen LogP contribution in [0.3, 0.4) is 0 Å². The zero-order valence-electron chi connectivity index (χ0n) is 13.4. The summed E-state index contributed by atoms with van der Waals surface area (Å²) in [5.74, 6) is -7.26. The van der Waals surface area contributed by atoms with E-state index in [1.54, 1.807) is 6.92 Å². The highest BCUT2D eigenvalue weighted by atomic mass is 35.5. The highest BCUT2D eigenvalue weighted by molar-refractivity contribution is 6.30. The molecule has 0 aliphatic rings. The normalized spacial score (nSPS) is 12.9. The summed E-state index contributed by atoms with van der Waals surface area (Å²) in [5.41, 5.74) is 0.286. The molecule has 1 aromatic rings. The Balaban J connectivity index is 2.94. The van der Waals surface area contributed by atoms with Crippen molar-refractivity contribution in [3.8, 4) is 5.75 Å². The van der Waals surface area contributed by atoms with Crippen LogP contribution in [0, 0.1) is 0 Å². The molecule has 5 nitrogen and oxygen atoms in total. The molecule has 1 aromatic carbocycles. The van der Waals surface area contributed by atoms with Gasteiger partial charge in [0, 0.05) is 10.6 Å². The summed E-state index contributed by atoms with van der Waals surface area (Å²) in [7, 11) is 0. The van der Waals surface area contributed by atoms with Crippen molar-refractivity contribution < 1.29 is 45.0 Å². The molecule has 0 saturated carbocycles. The van der Waals surface area contributed by atoms with E-state index in [1.807, 2.05) is 0 Å². The number of carbonyl (C=O) groups excluding carboxylic acids is 1. The van der Waals surface area contributed by atoms with E-state index in [0.717, 1.165) is 6.07 Å². The Morgan fingerprint density at radius 3 is 2.41 bits per heavy atom. The molecule has 0 aromatic heterocycles. The average Bonchev–Trinajstić information content (AvgIpc) is 2.53. The number of hydrogen-bond acceptors (Lipinski definition) is 5. The molecule has 1 N–H and O–H groups in total. The summed E-state index contributed by atoms with van der Waals surface area (Å²) in [6.45, 7) is 1.04. The Labute approximate surface area is 153 Å². The molecule has 0 aliphatic heterocycles. The molecule has 0 amide bonds. The third kappa shape index (κ3) is 5.88. The van der Waals surface area contributed by atoms with Crippen molar-refractivity contribution in [1.82, 2.24) is 5.43 Å². The van der Waals surface area contributed by atoms with Crippen LogP contribution in [0.2, 0.25) is 5.02 Å². The highest BCUT2D eigenvalue weighted by Crippen LogP contribution is 2.45. The van der Waals surface area contributed by atoms with Gasteiger partial charge in [0.2, 0.25) is 0 Å². The van der Waals surface area contributed by atoms with E-state index in [0.29, 0.717) is 11.6 Å². The van der Waals surface area contributed by atoms with Crippen LogP contribution in [-0.2, 0) is 9.53 Å². The summed E-state index contributed by atoms with van der Waals surface area (Å²) >= 11 is 5.68. The summed E-state index contributed by atoms with van der Waals surface area (Å²) in [5, 5.41) is 2.75. The summed E-state index contributed by atoms with van der Waals surface area (Å²) in [6, 6.07) is -2.13. The molecular formula is C14H12ClF7N2O3. The van der Waals surface area contributed by atoms with E-state index < -0.39 is 30.7 Å². The molecule has 152 valence electrons. The summed E-state index contributed by atoms with van der Waals surface area (Å²) in [4.78, 5) is 11.2. The second kappa shape index (κ2) is 8.63. The van der Waals surface area contributed by atoms with Crippen molar-refractivity contribution in [2.75, 3.05) is 13.2 Å². The van der Waals surface area contributed by atoms with Gasteiger partial charge in [0.1, 0.15) is 5.75 Å². The number of hydrazone groups is 1. The predicted molar refractivity (Wildman–Crippen MR) is 80.3 cm³/mol. The van der Waals surface area contributed by atoms with Crippen LogP contribution in [0.5, 0.6) is 5.75 Å². The lowest BCUT2D eigenvalue weighted by Gasteiger charge is -2.27. The number of nitrogens with one attached hydrogen (secondary N) is 1. The Morgan fingerprint density at radius 1 is 1.22 bits per heavy atom. The number of ether oxygens (including phenoxy) is 2.